The summed E-state index contributed by atoms with van der Waals surface area (Å²) in [6.07, 6.45) is 0.780. The topological polar surface area (TPSA) is 46.6 Å². The van der Waals surface area contributed by atoms with Gasteiger partial charge in [0.1, 0.15) is 0 Å². The van der Waals surface area contributed by atoms with Gasteiger partial charge in [0, 0.05) is 19.2 Å². The number of nitrogens with zero attached hydrogens (tertiary/aromatic N) is 1. The van der Waals surface area contributed by atoms with E-state index in [2.05, 4.69) is 4.74 Å². The summed E-state index contributed by atoms with van der Waals surface area (Å²) in [5.41, 5.74) is 2.10. The van der Waals surface area contributed by atoms with E-state index in [0.717, 1.165) is 12.0 Å². The molecule has 0 aromatic heterocycles. The molecule has 16 heavy (non-hydrogen) atoms. The molecule has 1 aliphatic heterocycles. The van der Waals surface area contributed by atoms with Gasteiger partial charge in [0.15, 0.2) is 0 Å². The van der Waals surface area contributed by atoms with E-state index in [9.17, 15) is 9.59 Å². The Bertz CT molecular complexity index is 454. The van der Waals surface area contributed by atoms with Crippen LogP contribution in [0.4, 0.5) is 0 Å². The third kappa shape index (κ3) is 1.66. The molecule has 1 aromatic carbocycles. The number of methoxy groups -OCH3 is 1. The second-order valence-electron chi connectivity index (χ2n) is 3.84. The van der Waals surface area contributed by atoms with Crippen molar-refractivity contribution in [2.24, 2.45) is 0 Å². The quantitative estimate of drug-likeness (QED) is 0.664. The number of rotatable bonds is 1. The Kier molecular flexibility index (Phi) is 2.64. The van der Waals surface area contributed by atoms with Crippen molar-refractivity contribution >= 4 is 11.9 Å². The number of carbonyl (C=O) groups excluding carboxylic acids is 2. The maximum Gasteiger partial charge on any atom is 0.337 e. The Morgan fingerprint density at radius 2 is 2.19 bits per heavy atom. The van der Waals surface area contributed by atoms with Gasteiger partial charge in [-0.2, -0.15) is 0 Å². The Morgan fingerprint density at radius 3 is 2.88 bits per heavy atom. The SMILES string of the molecule is COC(=O)c1ccc2c(c1)CCN(C)C2=O. The first-order valence-corrected chi connectivity index (χ1v) is 5.10. The third-order valence-corrected chi connectivity index (χ3v) is 2.82. The van der Waals surface area contributed by atoms with Crippen LogP contribution in [0.1, 0.15) is 26.3 Å². The third-order valence-electron chi connectivity index (χ3n) is 2.82. The number of esters is 1. The summed E-state index contributed by atoms with van der Waals surface area (Å²) in [6.45, 7) is 0.691. The molecule has 1 aliphatic rings. The van der Waals surface area contributed by atoms with Gasteiger partial charge in [0.05, 0.1) is 12.7 Å². The molecule has 4 heteroatoms. The smallest absolute Gasteiger partial charge is 0.337 e. The number of hydrogen-bond donors (Lipinski definition) is 0. The number of hydrogen-bond acceptors (Lipinski definition) is 3. The Balaban J connectivity index is 2.41. The number of carbonyl (C=O) groups is 2. The molecule has 0 bridgehead atoms. The molecule has 0 aliphatic carbocycles. The predicted molar refractivity (Wildman–Crippen MR) is 58.4 cm³/mol. The van der Waals surface area contributed by atoms with Gasteiger partial charge in [0.2, 0.25) is 0 Å². The molecule has 0 radical (unpaired) electrons. The van der Waals surface area contributed by atoms with Gasteiger partial charge in [-0.3, -0.25) is 4.79 Å². The van der Waals surface area contributed by atoms with Gasteiger partial charge in [-0.05, 0) is 30.2 Å². The molecule has 1 amide bonds. The van der Waals surface area contributed by atoms with E-state index in [1.807, 2.05) is 0 Å². The summed E-state index contributed by atoms with van der Waals surface area (Å²) in [5.74, 6) is -0.355. The monoisotopic (exact) mass is 219 g/mol. The van der Waals surface area contributed by atoms with Crippen LogP contribution in [0.15, 0.2) is 18.2 Å². The van der Waals surface area contributed by atoms with Crippen LogP contribution in [-0.4, -0.2) is 37.5 Å². The number of ether oxygens (including phenoxy) is 1. The minimum Gasteiger partial charge on any atom is -0.465 e. The molecule has 0 atom stereocenters. The van der Waals surface area contributed by atoms with Crippen molar-refractivity contribution < 1.29 is 14.3 Å². The van der Waals surface area contributed by atoms with Crippen molar-refractivity contribution in [2.45, 2.75) is 6.42 Å². The first-order valence-electron chi connectivity index (χ1n) is 5.10. The van der Waals surface area contributed by atoms with Gasteiger partial charge < -0.3 is 9.64 Å². The zero-order valence-electron chi connectivity index (χ0n) is 9.32. The van der Waals surface area contributed by atoms with Gasteiger partial charge in [-0.1, -0.05) is 0 Å². The molecule has 1 aromatic rings. The van der Waals surface area contributed by atoms with Crippen molar-refractivity contribution in [1.82, 2.24) is 4.90 Å². The van der Waals surface area contributed by atoms with E-state index in [4.69, 9.17) is 0 Å². The lowest BCUT2D eigenvalue weighted by Gasteiger charge is -2.24. The van der Waals surface area contributed by atoms with Crippen LogP contribution in [0.5, 0.6) is 0 Å². The van der Waals surface area contributed by atoms with Crippen molar-refractivity contribution in [3.63, 3.8) is 0 Å². The lowest BCUT2D eigenvalue weighted by Crippen LogP contribution is -2.34. The van der Waals surface area contributed by atoms with E-state index in [1.54, 1.807) is 30.1 Å². The highest BCUT2D eigenvalue weighted by Crippen LogP contribution is 2.19. The van der Waals surface area contributed by atoms with E-state index < -0.39 is 0 Å². The van der Waals surface area contributed by atoms with Crippen LogP contribution in [0.25, 0.3) is 0 Å². The number of amides is 1. The molecule has 0 fully saturated rings. The molecule has 0 saturated carbocycles. The Hall–Kier alpha value is -1.84. The van der Waals surface area contributed by atoms with E-state index in [0.29, 0.717) is 17.7 Å². The highest BCUT2D eigenvalue weighted by atomic mass is 16.5. The standard InChI is InChI=1S/C12H13NO3/c1-13-6-5-8-7-9(12(15)16-2)3-4-10(8)11(13)14/h3-4,7H,5-6H2,1-2H3. The van der Waals surface area contributed by atoms with Gasteiger partial charge in [0.25, 0.3) is 5.91 Å². The number of likely N-dealkylation sites (N-methyl/N-ethyl adjacent to an activating group) is 1. The van der Waals surface area contributed by atoms with Gasteiger partial charge in [-0.15, -0.1) is 0 Å². The molecule has 0 N–H and O–H groups in total. The number of benzene rings is 1. The van der Waals surface area contributed by atoms with Crippen molar-refractivity contribution in [1.29, 1.82) is 0 Å². The molecule has 0 unspecified atom stereocenters. The average Bonchev–Trinajstić information content (AvgIpc) is 2.32. The van der Waals surface area contributed by atoms with E-state index in [-0.39, 0.29) is 11.9 Å². The fourth-order valence-corrected chi connectivity index (χ4v) is 1.85. The van der Waals surface area contributed by atoms with Crippen LogP contribution >= 0.6 is 0 Å². The van der Waals surface area contributed by atoms with E-state index in [1.165, 1.54) is 7.11 Å². The van der Waals surface area contributed by atoms with Crippen LogP contribution in [0, 0.1) is 0 Å². The fraction of sp³-hybridized carbons (Fsp3) is 0.333. The first-order chi connectivity index (χ1) is 7.63. The summed E-state index contributed by atoms with van der Waals surface area (Å²) >= 11 is 0. The maximum absolute atomic E-state index is 11.8. The van der Waals surface area contributed by atoms with Crippen LogP contribution in [0.2, 0.25) is 0 Å². The number of fused-ring (bicyclic) bond motifs is 1. The molecule has 0 spiro atoms. The largest absolute Gasteiger partial charge is 0.465 e. The van der Waals surface area contributed by atoms with Crippen LogP contribution < -0.4 is 0 Å². The minimum atomic E-state index is -0.367. The molecular weight excluding hydrogens is 206 g/mol. The fourth-order valence-electron chi connectivity index (χ4n) is 1.85. The second kappa shape index (κ2) is 3.96. The minimum absolute atomic E-state index is 0.0117. The molecule has 84 valence electrons. The summed E-state index contributed by atoms with van der Waals surface area (Å²) in [4.78, 5) is 24.8. The zero-order valence-corrected chi connectivity index (χ0v) is 9.32. The highest BCUT2D eigenvalue weighted by molar-refractivity contribution is 5.98. The molecule has 4 nitrogen and oxygen atoms in total. The summed E-state index contributed by atoms with van der Waals surface area (Å²) in [7, 11) is 3.13. The molecule has 0 saturated heterocycles. The Morgan fingerprint density at radius 1 is 1.44 bits per heavy atom. The van der Waals surface area contributed by atoms with Crippen molar-refractivity contribution in [3.05, 3.63) is 34.9 Å². The lowest BCUT2D eigenvalue weighted by molar-refractivity contribution is 0.0599. The lowest BCUT2D eigenvalue weighted by atomic mass is 9.97. The molecule has 1 heterocycles. The normalized spacial score (nSPS) is 14.6. The van der Waals surface area contributed by atoms with Gasteiger partial charge >= 0.3 is 5.97 Å². The maximum atomic E-state index is 11.8. The summed E-state index contributed by atoms with van der Waals surface area (Å²) < 4.78 is 4.64. The molecule has 2 rings (SSSR count). The Labute approximate surface area is 93.8 Å². The van der Waals surface area contributed by atoms with Crippen LogP contribution in [0.3, 0.4) is 0 Å². The second-order valence-corrected chi connectivity index (χ2v) is 3.84. The van der Waals surface area contributed by atoms with E-state index >= 15 is 0 Å². The molecular formula is C12H13NO3. The highest BCUT2D eigenvalue weighted by Gasteiger charge is 2.22. The first kappa shape index (κ1) is 10.7. The van der Waals surface area contributed by atoms with Gasteiger partial charge in [-0.25, -0.2) is 4.79 Å². The average molecular weight is 219 g/mol. The zero-order chi connectivity index (χ0) is 11.7. The summed E-state index contributed by atoms with van der Waals surface area (Å²) in [6, 6.07) is 5.06. The predicted octanol–water partition coefficient (Wildman–Crippen LogP) is 1.10. The van der Waals surface area contributed by atoms with Crippen LogP contribution in [-0.2, 0) is 11.2 Å². The summed E-state index contributed by atoms with van der Waals surface area (Å²) in [5, 5.41) is 0. The van der Waals surface area contributed by atoms with Crippen molar-refractivity contribution in [3.8, 4) is 0 Å². The van der Waals surface area contributed by atoms with Crippen molar-refractivity contribution in [2.75, 3.05) is 20.7 Å².